The summed E-state index contributed by atoms with van der Waals surface area (Å²) in [6.45, 7) is 4.82. The van der Waals surface area contributed by atoms with Gasteiger partial charge >= 0.3 is 0 Å². The first-order chi connectivity index (χ1) is 13.2. The third-order valence-corrected chi connectivity index (χ3v) is 4.17. The highest BCUT2D eigenvalue weighted by Crippen LogP contribution is 2.15. The van der Waals surface area contributed by atoms with Crippen molar-refractivity contribution in [1.29, 1.82) is 0 Å². The van der Waals surface area contributed by atoms with Crippen molar-refractivity contribution in [2.45, 2.75) is 6.92 Å². The molecule has 138 valence electrons. The van der Waals surface area contributed by atoms with Gasteiger partial charge in [0, 0.05) is 57.0 Å². The molecule has 4 rings (SSSR count). The van der Waals surface area contributed by atoms with Crippen LogP contribution in [-0.2, 0) is 0 Å². The summed E-state index contributed by atoms with van der Waals surface area (Å²) in [7, 11) is 0. The molecule has 0 bridgehead atoms. The molecule has 1 fully saturated rings. The van der Waals surface area contributed by atoms with E-state index in [0.29, 0.717) is 23.1 Å². The van der Waals surface area contributed by atoms with Crippen molar-refractivity contribution in [2.75, 3.05) is 41.3 Å². The summed E-state index contributed by atoms with van der Waals surface area (Å²) in [6.07, 6.45) is 6.50. The second kappa shape index (κ2) is 7.36. The van der Waals surface area contributed by atoms with Crippen LogP contribution in [0.5, 0.6) is 0 Å². The van der Waals surface area contributed by atoms with Crippen molar-refractivity contribution in [3.63, 3.8) is 0 Å². The predicted octanol–water partition coefficient (Wildman–Crippen LogP) is 1.14. The van der Waals surface area contributed by atoms with Crippen LogP contribution in [0.1, 0.15) is 16.1 Å². The Hall–Kier alpha value is -3.56. The van der Waals surface area contributed by atoms with E-state index < -0.39 is 0 Å². The van der Waals surface area contributed by atoms with Crippen molar-refractivity contribution in [2.24, 2.45) is 0 Å². The third kappa shape index (κ3) is 3.84. The minimum absolute atomic E-state index is 0.333. The van der Waals surface area contributed by atoms with Crippen LogP contribution in [0.3, 0.4) is 0 Å². The molecule has 3 aromatic heterocycles. The van der Waals surface area contributed by atoms with Crippen LogP contribution in [0, 0.1) is 6.92 Å². The molecular formula is C17H18N8O2. The Morgan fingerprint density at radius 2 is 1.59 bits per heavy atom. The van der Waals surface area contributed by atoms with E-state index in [9.17, 15) is 4.79 Å². The van der Waals surface area contributed by atoms with Crippen LogP contribution in [0.25, 0.3) is 0 Å². The normalized spacial score (nSPS) is 14.3. The lowest BCUT2D eigenvalue weighted by molar-refractivity contribution is 0.102. The molecule has 10 heteroatoms. The van der Waals surface area contributed by atoms with Crippen LogP contribution in [-0.4, -0.2) is 57.2 Å². The Morgan fingerprint density at radius 1 is 1.00 bits per heavy atom. The first-order valence-electron chi connectivity index (χ1n) is 8.53. The van der Waals surface area contributed by atoms with E-state index in [1.165, 1.54) is 12.4 Å². The first kappa shape index (κ1) is 16.9. The van der Waals surface area contributed by atoms with Gasteiger partial charge in [-0.1, -0.05) is 5.16 Å². The van der Waals surface area contributed by atoms with E-state index in [2.05, 4.69) is 40.2 Å². The van der Waals surface area contributed by atoms with Crippen LogP contribution in [0.15, 0.2) is 41.4 Å². The van der Waals surface area contributed by atoms with Gasteiger partial charge in [0.05, 0.1) is 5.56 Å². The molecule has 10 nitrogen and oxygen atoms in total. The summed E-state index contributed by atoms with van der Waals surface area (Å²) < 4.78 is 4.92. The standard InChI is InChI=1S/C17H18N8O2/c1-12-9-14(23-27-12)22-15(26)13-10-20-17(21-11-13)25-7-5-24(6-8-25)16-18-3-2-4-19-16/h2-4,9-11H,5-8H2,1H3,(H,22,23,26). The summed E-state index contributed by atoms with van der Waals surface area (Å²) >= 11 is 0. The molecule has 0 spiro atoms. The van der Waals surface area contributed by atoms with Gasteiger partial charge in [-0.05, 0) is 13.0 Å². The van der Waals surface area contributed by atoms with Gasteiger partial charge in [0.25, 0.3) is 5.91 Å². The number of aromatic nitrogens is 5. The average Bonchev–Trinajstić information content (AvgIpc) is 3.13. The zero-order valence-corrected chi connectivity index (χ0v) is 14.7. The van der Waals surface area contributed by atoms with Gasteiger partial charge in [0.15, 0.2) is 5.82 Å². The van der Waals surface area contributed by atoms with E-state index in [0.717, 1.165) is 32.1 Å². The van der Waals surface area contributed by atoms with Crippen molar-refractivity contribution in [3.05, 3.63) is 48.2 Å². The number of nitrogens with zero attached hydrogens (tertiary/aromatic N) is 7. The van der Waals surface area contributed by atoms with Crippen LogP contribution in [0.2, 0.25) is 0 Å². The molecule has 1 N–H and O–H groups in total. The van der Waals surface area contributed by atoms with E-state index in [1.54, 1.807) is 31.5 Å². The smallest absolute Gasteiger partial charge is 0.260 e. The van der Waals surface area contributed by atoms with Gasteiger partial charge in [-0.3, -0.25) is 4.79 Å². The van der Waals surface area contributed by atoms with E-state index in [1.807, 2.05) is 0 Å². The molecule has 1 aliphatic heterocycles. The van der Waals surface area contributed by atoms with Crippen molar-refractivity contribution in [3.8, 4) is 0 Å². The zero-order chi connectivity index (χ0) is 18.6. The number of nitrogens with one attached hydrogen (secondary N) is 1. The lowest BCUT2D eigenvalue weighted by Crippen LogP contribution is -2.47. The molecule has 1 saturated heterocycles. The van der Waals surface area contributed by atoms with Gasteiger partial charge in [-0.15, -0.1) is 0 Å². The Labute approximate surface area is 155 Å². The van der Waals surface area contributed by atoms with Crippen LogP contribution < -0.4 is 15.1 Å². The number of hydrogen-bond acceptors (Lipinski definition) is 9. The zero-order valence-electron chi connectivity index (χ0n) is 14.7. The second-order valence-electron chi connectivity index (χ2n) is 6.07. The molecule has 27 heavy (non-hydrogen) atoms. The van der Waals surface area contributed by atoms with E-state index in [4.69, 9.17) is 4.52 Å². The first-order valence-corrected chi connectivity index (χ1v) is 8.53. The van der Waals surface area contributed by atoms with E-state index in [-0.39, 0.29) is 5.91 Å². The largest absolute Gasteiger partial charge is 0.360 e. The van der Waals surface area contributed by atoms with Gasteiger partial charge in [-0.2, -0.15) is 0 Å². The van der Waals surface area contributed by atoms with Gasteiger partial charge in [0.1, 0.15) is 5.76 Å². The van der Waals surface area contributed by atoms with Gasteiger partial charge < -0.3 is 19.6 Å². The number of piperazine rings is 1. The van der Waals surface area contributed by atoms with Gasteiger partial charge in [0.2, 0.25) is 11.9 Å². The maximum atomic E-state index is 12.2. The number of amides is 1. The lowest BCUT2D eigenvalue weighted by atomic mass is 10.3. The predicted molar refractivity (Wildman–Crippen MR) is 97.7 cm³/mol. The number of aryl methyl sites for hydroxylation is 1. The van der Waals surface area contributed by atoms with Gasteiger partial charge in [-0.25, -0.2) is 19.9 Å². The minimum atomic E-state index is -0.333. The Bertz CT molecular complexity index is 904. The Kier molecular flexibility index (Phi) is 4.60. The summed E-state index contributed by atoms with van der Waals surface area (Å²) in [6, 6.07) is 3.44. The fourth-order valence-electron chi connectivity index (χ4n) is 2.78. The van der Waals surface area contributed by atoms with Crippen LogP contribution in [0.4, 0.5) is 17.7 Å². The number of anilines is 3. The summed E-state index contributed by atoms with van der Waals surface area (Å²) in [5.74, 6) is 1.98. The van der Waals surface area contributed by atoms with Crippen molar-refractivity contribution < 1.29 is 9.32 Å². The summed E-state index contributed by atoms with van der Waals surface area (Å²) in [5, 5.41) is 6.38. The average molecular weight is 366 g/mol. The molecular weight excluding hydrogens is 348 g/mol. The second-order valence-corrected chi connectivity index (χ2v) is 6.07. The molecule has 0 radical (unpaired) electrons. The highest BCUT2D eigenvalue weighted by atomic mass is 16.5. The SMILES string of the molecule is Cc1cc(NC(=O)c2cnc(N3CCN(c4ncccn4)CC3)nc2)no1. The fourth-order valence-corrected chi connectivity index (χ4v) is 2.78. The molecule has 1 amide bonds. The molecule has 0 atom stereocenters. The minimum Gasteiger partial charge on any atom is -0.360 e. The number of carbonyl (C=O) groups excluding carboxylic acids is 1. The molecule has 4 heterocycles. The highest BCUT2D eigenvalue weighted by molar-refractivity contribution is 6.03. The molecule has 0 saturated carbocycles. The number of hydrogen-bond donors (Lipinski definition) is 1. The molecule has 0 aromatic carbocycles. The van der Waals surface area contributed by atoms with Crippen molar-refractivity contribution >= 4 is 23.6 Å². The maximum Gasteiger partial charge on any atom is 0.260 e. The topological polar surface area (TPSA) is 113 Å². The molecule has 1 aliphatic rings. The monoisotopic (exact) mass is 366 g/mol. The molecule has 0 unspecified atom stereocenters. The Morgan fingerprint density at radius 3 is 2.15 bits per heavy atom. The van der Waals surface area contributed by atoms with E-state index >= 15 is 0 Å². The Balaban J connectivity index is 1.36. The highest BCUT2D eigenvalue weighted by Gasteiger charge is 2.21. The number of carbonyl (C=O) groups is 1. The quantitative estimate of drug-likeness (QED) is 0.726. The maximum absolute atomic E-state index is 12.2. The molecule has 3 aromatic rings. The third-order valence-electron chi connectivity index (χ3n) is 4.17. The van der Waals surface area contributed by atoms with Crippen LogP contribution >= 0.6 is 0 Å². The number of rotatable bonds is 4. The summed E-state index contributed by atoms with van der Waals surface area (Å²) in [5.41, 5.74) is 0.357. The fraction of sp³-hybridized carbons (Fsp3) is 0.294. The molecule has 0 aliphatic carbocycles. The summed E-state index contributed by atoms with van der Waals surface area (Å²) in [4.78, 5) is 33.6. The van der Waals surface area contributed by atoms with Crippen molar-refractivity contribution in [1.82, 2.24) is 25.1 Å². The lowest BCUT2D eigenvalue weighted by Gasteiger charge is -2.34.